The van der Waals surface area contributed by atoms with Crippen molar-refractivity contribution in [1.82, 2.24) is 5.32 Å². The Morgan fingerprint density at radius 3 is 2.53 bits per heavy atom. The molecule has 0 unspecified atom stereocenters. The van der Waals surface area contributed by atoms with Crippen LogP contribution in [0.5, 0.6) is 5.75 Å². The van der Waals surface area contributed by atoms with Crippen molar-refractivity contribution in [1.29, 1.82) is 0 Å². The highest BCUT2D eigenvalue weighted by Crippen LogP contribution is 2.16. The molecule has 102 valence electrons. The molecule has 19 heavy (non-hydrogen) atoms. The molecule has 0 atom stereocenters. The van der Waals surface area contributed by atoms with E-state index in [1.807, 2.05) is 23.5 Å². The van der Waals surface area contributed by atoms with Crippen molar-refractivity contribution in [3.05, 3.63) is 51.7 Å². The first-order valence-corrected chi connectivity index (χ1v) is 7.63. The second-order valence-corrected chi connectivity index (χ2v) is 5.62. The van der Waals surface area contributed by atoms with Gasteiger partial charge in [0.1, 0.15) is 5.75 Å². The van der Waals surface area contributed by atoms with Crippen LogP contribution in [-0.2, 0) is 13.1 Å². The standard InChI is InChI=1S/C16H21NOS/c1-3-9-18-15-6-4-14(5-7-15)11-17-12-16-13(2)8-10-19-16/h4-8,10,17H,3,9,11-12H2,1-2H3. The van der Waals surface area contributed by atoms with Gasteiger partial charge >= 0.3 is 0 Å². The highest BCUT2D eigenvalue weighted by atomic mass is 32.1. The summed E-state index contributed by atoms with van der Waals surface area (Å²) in [7, 11) is 0. The summed E-state index contributed by atoms with van der Waals surface area (Å²) in [6.07, 6.45) is 1.05. The van der Waals surface area contributed by atoms with Gasteiger partial charge in [-0.15, -0.1) is 11.3 Å². The molecule has 1 N–H and O–H groups in total. The van der Waals surface area contributed by atoms with Crippen molar-refractivity contribution < 1.29 is 4.74 Å². The summed E-state index contributed by atoms with van der Waals surface area (Å²) in [4.78, 5) is 1.42. The van der Waals surface area contributed by atoms with Crippen LogP contribution in [0.4, 0.5) is 0 Å². The van der Waals surface area contributed by atoms with Gasteiger partial charge in [-0.3, -0.25) is 0 Å². The summed E-state index contributed by atoms with van der Waals surface area (Å²) in [6.45, 7) is 6.90. The Hall–Kier alpha value is -1.32. The van der Waals surface area contributed by atoms with Gasteiger partial charge in [0, 0.05) is 18.0 Å². The number of hydrogen-bond donors (Lipinski definition) is 1. The minimum absolute atomic E-state index is 0.787. The second-order valence-electron chi connectivity index (χ2n) is 4.62. The maximum Gasteiger partial charge on any atom is 0.119 e. The van der Waals surface area contributed by atoms with Crippen LogP contribution < -0.4 is 10.1 Å². The number of aryl methyl sites for hydroxylation is 1. The lowest BCUT2D eigenvalue weighted by molar-refractivity contribution is 0.317. The molecule has 0 saturated heterocycles. The van der Waals surface area contributed by atoms with Crippen molar-refractivity contribution in [3.8, 4) is 5.75 Å². The summed E-state index contributed by atoms with van der Waals surface area (Å²) in [6, 6.07) is 10.5. The summed E-state index contributed by atoms with van der Waals surface area (Å²) >= 11 is 1.81. The number of nitrogens with one attached hydrogen (secondary N) is 1. The first-order chi connectivity index (χ1) is 9.29. The zero-order valence-electron chi connectivity index (χ0n) is 11.6. The molecule has 0 bridgehead atoms. The molecular weight excluding hydrogens is 254 g/mol. The molecule has 2 nitrogen and oxygen atoms in total. The molecule has 0 saturated carbocycles. The molecular formula is C16H21NOS. The quantitative estimate of drug-likeness (QED) is 0.820. The van der Waals surface area contributed by atoms with E-state index < -0.39 is 0 Å². The monoisotopic (exact) mass is 275 g/mol. The van der Waals surface area contributed by atoms with Crippen molar-refractivity contribution in [3.63, 3.8) is 0 Å². The first-order valence-electron chi connectivity index (χ1n) is 6.75. The average Bonchev–Trinajstić information content (AvgIpc) is 2.84. The number of thiophene rings is 1. The van der Waals surface area contributed by atoms with Crippen LogP contribution in [0.1, 0.15) is 29.3 Å². The van der Waals surface area contributed by atoms with Crippen molar-refractivity contribution >= 4 is 11.3 Å². The molecule has 1 aromatic carbocycles. The van der Waals surface area contributed by atoms with Crippen LogP contribution in [0, 0.1) is 6.92 Å². The number of ether oxygens (including phenoxy) is 1. The van der Waals surface area contributed by atoms with Gasteiger partial charge in [0.15, 0.2) is 0 Å². The third-order valence-electron chi connectivity index (χ3n) is 2.98. The third kappa shape index (κ3) is 4.37. The zero-order chi connectivity index (χ0) is 13.5. The maximum absolute atomic E-state index is 5.57. The van der Waals surface area contributed by atoms with Gasteiger partial charge in [0.25, 0.3) is 0 Å². The normalized spacial score (nSPS) is 10.6. The molecule has 0 aliphatic heterocycles. The molecule has 3 heteroatoms. The van der Waals surface area contributed by atoms with E-state index in [9.17, 15) is 0 Å². The fraction of sp³-hybridized carbons (Fsp3) is 0.375. The smallest absolute Gasteiger partial charge is 0.119 e. The Morgan fingerprint density at radius 2 is 1.89 bits per heavy atom. The fourth-order valence-corrected chi connectivity index (χ4v) is 2.70. The summed E-state index contributed by atoms with van der Waals surface area (Å²) < 4.78 is 5.57. The molecule has 2 aromatic rings. The van der Waals surface area contributed by atoms with Crippen LogP contribution in [0.15, 0.2) is 35.7 Å². The van der Waals surface area contributed by atoms with Crippen LogP contribution in [0.25, 0.3) is 0 Å². The molecule has 0 amide bonds. The van der Waals surface area contributed by atoms with E-state index in [0.29, 0.717) is 0 Å². The maximum atomic E-state index is 5.57. The Kier molecular flexibility index (Phi) is 5.43. The Labute approximate surface area is 119 Å². The molecule has 0 spiro atoms. The predicted molar refractivity (Wildman–Crippen MR) is 81.8 cm³/mol. The van der Waals surface area contributed by atoms with E-state index in [1.54, 1.807) is 0 Å². The van der Waals surface area contributed by atoms with E-state index in [4.69, 9.17) is 4.74 Å². The van der Waals surface area contributed by atoms with Gasteiger partial charge in [-0.05, 0) is 48.1 Å². The Morgan fingerprint density at radius 1 is 1.11 bits per heavy atom. The Balaban J connectivity index is 1.78. The summed E-state index contributed by atoms with van der Waals surface area (Å²) in [5, 5.41) is 5.62. The lowest BCUT2D eigenvalue weighted by atomic mass is 10.2. The lowest BCUT2D eigenvalue weighted by Crippen LogP contribution is -2.12. The van der Waals surface area contributed by atoms with E-state index >= 15 is 0 Å². The van der Waals surface area contributed by atoms with E-state index in [2.05, 4.69) is 42.7 Å². The van der Waals surface area contributed by atoms with Gasteiger partial charge < -0.3 is 10.1 Å². The van der Waals surface area contributed by atoms with Crippen LogP contribution in [0.2, 0.25) is 0 Å². The van der Waals surface area contributed by atoms with Gasteiger partial charge in [-0.2, -0.15) is 0 Å². The Bertz CT molecular complexity index is 490. The van der Waals surface area contributed by atoms with Gasteiger partial charge in [-0.1, -0.05) is 19.1 Å². The minimum atomic E-state index is 0.787. The first kappa shape index (κ1) is 14.1. The third-order valence-corrected chi connectivity index (χ3v) is 4.00. The van der Waals surface area contributed by atoms with Crippen LogP contribution in [0.3, 0.4) is 0 Å². The number of hydrogen-bond acceptors (Lipinski definition) is 3. The van der Waals surface area contributed by atoms with E-state index in [1.165, 1.54) is 16.0 Å². The predicted octanol–water partition coefficient (Wildman–Crippen LogP) is 4.14. The summed E-state index contributed by atoms with van der Waals surface area (Å²) in [5.41, 5.74) is 2.67. The summed E-state index contributed by atoms with van der Waals surface area (Å²) in [5.74, 6) is 0.958. The molecule has 0 aliphatic carbocycles. The van der Waals surface area contributed by atoms with E-state index in [0.717, 1.165) is 31.9 Å². The van der Waals surface area contributed by atoms with Gasteiger partial charge in [-0.25, -0.2) is 0 Å². The molecule has 1 aromatic heterocycles. The highest BCUT2D eigenvalue weighted by molar-refractivity contribution is 7.10. The lowest BCUT2D eigenvalue weighted by Gasteiger charge is -2.07. The largest absolute Gasteiger partial charge is 0.494 e. The van der Waals surface area contributed by atoms with Gasteiger partial charge in [0.05, 0.1) is 6.61 Å². The zero-order valence-corrected chi connectivity index (χ0v) is 12.4. The van der Waals surface area contributed by atoms with Crippen LogP contribution >= 0.6 is 11.3 Å². The van der Waals surface area contributed by atoms with Gasteiger partial charge in [0.2, 0.25) is 0 Å². The minimum Gasteiger partial charge on any atom is -0.494 e. The second kappa shape index (κ2) is 7.31. The van der Waals surface area contributed by atoms with E-state index in [-0.39, 0.29) is 0 Å². The number of rotatable bonds is 7. The molecule has 1 heterocycles. The molecule has 0 fully saturated rings. The molecule has 2 rings (SSSR count). The van der Waals surface area contributed by atoms with Crippen molar-refractivity contribution in [2.75, 3.05) is 6.61 Å². The fourth-order valence-electron chi connectivity index (χ4n) is 1.83. The average molecular weight is 275 g/mol. The van der Waals surface area contributed by atoms with Crippen molar-refractivity contribution in [2.24, 2.45) is 0 Å². The topological polar surface area (TPSA) is 21.3 Å². The SMILES string of the molecule is CCCOc1ccc(CNCc2sccc2C)cc1. The van der Waals surface area contributed by atoms with Crippen molar-refractivity contribution in [2.45, 2.75) is 33.4 Å². The van der Waals surface area contributed by atoms with Crippen LogP contribution in [-0.4, -0.2) is 6.61 Å². The highest BCUT2D eigenvalue weighted by Gasteiger charge is 1.99. The molecule has 0 aliphatic rings. The molecule has 0 radical (unpaired) electrons. The number of benzene rings is 1.